The Kier molecular flexibility index (Phi) is 7.23. The first kappa shape index (κ1) is 27.8. The molecule has 0 spiro atoms. The van der Waals surface area contributed by atoms with Crippen molar-refractivity contribution in [2.45, 2.75) is 58.7 Å². The summed E-state index contributed by atoms with van der Waals surface area (Å²) in [7, 11) is 0. The van der Waals surface area contributed by atoms with Gasteiger partial charge in [0.15, 0.2) is 17.4 Å². The molecule has 0 N–H and O–H groups in total. The van der Waals surface area contributed by atoms with Crippen molar-refractivity contribution in [3.8, 4) is 17.4 Å². The molecule has 0 bridgehead atoms. The van der Waals surface area contributed by atoms with Crippen LogP contribution in [0.1, 0.15) is 39.0 Å². The largest absolute Gasteiger partial charge is 0.473 e. The Balaban J connectivity index is 1.52. The van der Waals surface area contributed by atoms with Gasteiger partial charge in [-0.05, 0) is 51.5 Å². The topological polar surface area (TPSA) is 95.8 Å². The number of pyridine rings is 1. The second kappa shape index (κ2) is 10.2. The fraction of sp³-hybridized carbons (Fsp3) is 0.360. The van der Waals surface area contributed by atoms with Crippen LogP contribution in [0.3, 0.4) is 0 Å². The highest BCUT2D eigenvalue weighted by atomic mass is 19.4. The summed E-state index contributed by atoms with van der Waals surface area (Å²) in [6, 6.07) is 4.17. The molecule has 14 heteroatoms. The maximum Gasteiger partial charge on any atom is 0.433 e. The summed E-state index contributed by atoms with van der Waals surface area (Å²) in [4.78, 5) is 33.5. The summed E-state index contributed by atoms with van der Waals surface area (Å²) in [5, 5.41) is 0. The predicted molar refractivity (Wildman–Crippen MR) is 127 cm³/mol. The lowest BCUT2D eigenvalue weighted by atomic mass is 10.2. The fourth-order valence-corrected chi connectivity index (χ4v) is 3.77. The minimum absolute atomic E-state index is 0.0252. The molecule has 1 aromatic carbocycles. The molecule has 0 unspecified atom stereocenters. The first-order chi connectivity index (χ1) is 18.1. The highest BCUT2D eigenvalue weighted by Gasteiger charge is 2.36. The molecule has 1 atom stereocenters. The van der Waals surface area contributed by atoms with E-state index in [1.807, 2.05) is 0 Å². The van der Waals surface area contributed by atoms with Crippen LogP contribution in [0.4, 0.5) is 32.6 Å². The van der Waals surface area contributed by atoms with Crippen LogP contribution in [0.5, 0.6) is 17.4 Å². The van der Waals surface area contributed by atoms with Crippen molar-refractivity contribution < 1.29 is 41.0 Å². The molecule has 0 radical (unpaired) electrons. The summed E-state index contributed by atoms with van der Waals surface area (Å²) in [5.41, 5.74) is -2.79. The third-order valence-electron chi connectivity index (χ3n) is 5.38. The Bertz CT molecular complexity index is 1450. The molecular weight excluding hydrogens is 531 g/mol. The molecule has 208 valence electrons. The normalized spacial score (nSPS) is 15.2. The number of hydrogen-bond acceptors (Lipinski definition) is 7. The zero-order chi connectivity index (χ0) is 28.7. The molecule has 0 fully saturated rings. The number of carbonyl (C=O) groups is 1. The molecule has 4 rings (SSSR count). The van der Waals surface area contributed by atoms with Crippen molar-refractivity contribution in [2.24, 2.45) is 0 Å². The van der Waals surface area contributed by atoms with E-state index in [1.165, 1.54) is 15.5 Å². The van der Waals surface area contributed by atoms with E-state index in [1.54, 1.807) is 27.7 Å². The average Bonchev–Trinajstić information content (AvgIpc) is 3.15. The number of rotatable bonds is 5. The van der Waals surface area contributed by atoms with Gasteiger partial charge in [-0.1, -0.05) is 0 Å². The van der Waals surface area contributed by atoms with E-state index < -0.39 is 65.0 Å². The maximum atomic E-state index is 14.6. The monoisotopic (exact) mass is 554 g/mol. The number of hydrogen-bond donors (Lipinski definition) is 0. The van der Waals surface area contributed by atoms with Gasteiger partial charge >= 0.3 is 18.0 Å². The second-order valence-electron chi connectivity index (χ2n) is 9.70. The van der Waals surface area contributed by atoms with Crippen LogP contribution >= 0.6 is 0 Å². The van der Waals surface area contributed by atoms with Crippen LogP contribution < -0.4 is 20.1 Å². The van der Waals surface area contributed by atoms with Gasteiger partial charge in [0.25, 0.3) is 0 Å². The van der Waals surface area contributed by atoms with Crippen molar-refractivity contribution in [3.05, 3.63) is 69.9 Å². The third kappa shape index (κ3) is 6.26. The molecule has 3 aromatic rings. The summed E-state index contributed by atoms with van der Waals surface area (Å²) < 4.78 is 85.0. The number of aromatic nitrogens is 3. The minimum atomic E-state index is -4.77. The summed E-state index contributed by atoms with van der Waals surface area (Å²) in [5.74, 6) is -3.81. The highest BCUT2D eigenvalue weighted by Crippen LogP contribution is 2.34. The Morgan fingerprint density at radius 1 is 1.10 bits per heavy atom. The molecule has 0 saturated carbocycles. The quantitative estimate of drug-likeness (QED) is 0.387. The maximum absolute atomic E-state index is 14.6. The number of ether oxygens (including phenoxy) is 3. The van der Waals surface area contributed by atoms with Gasteiger partial charge in [-0.15, -0.1) is 0 Å². The lowest BCUT2D eigenvalue weighted by molar-refractivity contribution is -0.141. The molecule has 1 amide bonds. The lowest BCUT2D eigenvalue weighted by Crippen LogP contribution is -2.40. The average molecular weight is 554 g/mol. The summed E-state index contributed by atoms with van der Waals surface area (Å²) >= 11 is 0. The van der Waals surface area contributed by atoms with E-state index in [9.17, 15) is 31.5 Å². The van der Waals surface area contributed by atoms with Crippen molar-refractivity contribution in [2.75, 3.05) is 4.90 Å². The highest BCUT2D eigenvalue weighted by molar-refractivity contribution is 5.88. The minimum Gasteiger partial charge on any atom is -0.473 e. The molecule has 0 aliphatic carbocycles. The number of fused-ring (bicyclic) bond motifs is 1. The Labute approximate surface area is 218 Å². The lowest BCUT2D eigenvalue weighted by Gasteiger charge is -2.26. The number of halogens is 5. The summed E-state index contributed by atoms with van der Waals surface area (Å²) in [6.07, 6.45) is -4.64. The van der Waals surface area contributed by atoms with E-state index in [0.717, 1.165) is 24.4 Å². The molecule has 1 aliphatic heterocycles. The first-order valence-electron chi connectivity index (χ1n) is 11.6. The zero-order valence-corrected chi connectivity index (χ0v) is 21.2. The number of anilines is 1. The van der Waals surface area contributed by atoms with Crippen LogP contribution in [-0.4, -0.2) is 32.3 Å². The van der Waals surface area contributed by atoms with Gasteiger partial charge < -0.3 is 14.2 Å². The van der Waals surface area contributed by atoms with Crippen molar-refractivity contribution in [1.82, 2.24) is 14.5 Å². The molecule has 3 heterocycles. The summed E-state index contributed by atoms with van der Waals surface area (Å²) in [6.45, 7) is 6.57. The van der Waals surface area contributed by atoms with Crippen molar-refractivity contribution in [1.29, 1.82) is 0 Å². The number of nitrogens with zero attached hydrogens (tertiary/aromatic N) is 4. The second-order valence-corrected chi connectivity index (χ2v) is 9.70. The predicted octanol–water partition coefficient (Wildman–Crippen LogP) is 5.45. The van der Waals surface area contributed by atoms with Gasteiger partial charge in [0.05, 0.1) is 6.04 Å². The number of amides is 1. The number of benzene rings is 1. The molecule has 9 nitrogen and oxygen atoms in total. The number of alkyl halides is 3. The Morgan fingerprint density at radius 2 is 1.77 bits per heavy atom. The van der Waals surface area contributed by atoms with E-state index >= 15 is 0 Å². The van der Waals surface area contributed by atoms with Gasteiger partial charge in [0, 0.05) is 24.9 Å². The molecule has 2 aromatic heterocycles. The Hall–Kier alpha value is -4.23. The van der Waals surface area contributed by atoms with Crippen molar-refractivity contribution in [3.63, 3.8) is 0 Å². The van der Waals surface area contributed by atoms with Crippen LogP contribution in [0.25, 0.3) is 0 Å². The van der Waals surface area contributed by atoms with Gasteiger partial charge in [-0.3, -0.25) is 14.5 Å². The van der Waals surface area contributed by atoms with Crippen LogP contribution in [0, 0.1) is 11.6 Å². The first-order valence-corrected chi connectivity index (χ1v) is 11.6. The van der Waals surface area contributed by atoms with Crippen LogP contribution in [0.15, 0.2) is 41.3 Å². The van der Waals surface area contributed by atoms with E-state index in [-0.39, 0.29) is 23.8 Å². The standard InChI is InChI=1S/C25H23F5N4O5/c1-13-11-33-20(34(13)23(36)39-24(2,3)4)10-19(32-22(33)35)37-12-14-7-16(26)21(17(27)8-14)38-15-5-6-31-18(9-15)25(28,29)30/h5-10,13H,11-12H2,1-4H3/t13-/m0/s1. The Morgan fingerprint density at radius 3 is 2.38 bits per heavy atom. The molecule has 0 saturated heterocycles. The van der Waals surface area contributed by atoms with Gasteiger partial charge in [-0.25, -0.2) is 18.4 Å². The van der Waals surface area contributed by atoms with Crippen LogP contribution in [-0.2, 0) is 24.1 Å². The number of carbonyl (C=O) groups excluding carboxylic acids is 1. The van der Waals surface area contributed by atoms with Gasteiger partial charge in [0.2, 0.25) is 5.88 Å². The van der Waals surface area contributed by atoms with Gasteiger partial charge in [-0.2, -0.15) is 18.2 Å². The smallest absolute Gasteiger partial charge is 0.433 e. The molecule has 1 aliphatic rings. The van der Waals surface area contributed by atoms with Crippen LogP contribution in [0.2, 0.25) is 0 Å². The fourth-order valence-electron chi connectivity index (χ4n) is 3.77. The van der Waals surface area contributed by atoms with E-state index in [4.69, 9.17) is 14.2 Å². The third-order valence-corrected chi connectivity index (χ3v) is 5.38. The van der Waals surface area contributed by atoms with Crippen molar-refractivity contribution >= 4 is 11.9 Å². The SMILES string of the molecule is C[C@H]1Cn2c(cc(OCc3cc(F)c(Oc4ccnc(C(F)(F)F)c4)c(F)c3)nc2=O)N1C(=O)OC(C)(C)C. The van der Waals surface area contributed by atoms with Gasteiger partial charge in [0.1, 0.15) is 29.5 Å². The molecule has 39 heavy (non-hydrogen) atoms. The van der Waals surface area contributed by atoms with E-state index in [0.29, 0.717) is 6.07 Å². The zero-order valence-electron chi connectivity index (χ0n) is 21.2. The molecular formula is C25H23F5N4O5. The van der Waals surface area contributed by atoms with E-state index in [2.05, 4.69) is 9.97 Å².